The van der Waals surface area contributed by atoms with Crippen molar-refractivity contribution in [2.45, 2.75) is 72.0 Å². The third-order valence-electron chi connectivity index (χ3n) is 6.94. The molecule has 4 aromatic rings. The number of rotatable bonds is 10. The lowest BCUT2D eigenvalue weighted by Crippen LogP contribution is -2.22. The SMILES string of the molecule is CCCCc1ccc(Sc2ccc(Sc3ccc(CCCC)cc3)c3c2C(=O)c2ccccc2C3=O)cc1. The van der Waals surface area contributed by atoms with Crippen LogP contribution in [0, 0.1) is 0 Å². The van der Waals surface area contributed by atoms with E-state index in [1.807, 2.05) is 24.3 Å². The monoisotopic (exact) mass is 536 g/mol. The van der Waals surface area contributed by atoms with Gasteiger partial charge in [-0.1, -0.05) is 98.7 Å². The highest BCUT2D eigenvalue weighted by Crippen LogP contribution is 2.43. The minimum absolute atomic E-state index is 0.0744. The van der Waals surface area contributed by atoms with E-state index in [1.165, 1.54) is 36.8 Å². The van der Waals surface area contributed by atoms with Crippen molar-refractivity contribution in [3.05, 3.63) is 118 Å². The molecule has 0 fully saturated rings. The highest BCUT2D eigenvalue weighted by molar-refractivity contribution is 8.00. The van der Waals surface area contributed by atoms with E-state index in [0.29, 0.717) is 22.3 Å². The summed E-state index contributed by atoms with van der Waals surface area (Å²) in [6.07, 6.45) is 6.85. The quantitative estimate of drug-likeness (QED) is 0.178. The van der Waals surface area contributed by atoms with Crippen LogP contribution in [-0.4, -0.2) is 11.6 Å². The molecule has 0 radical (unpaired) electrons. The van der Waals surface area contributed by atoms with Gasteiger partial charge in [-0.05, 0) is 73.2 Å². The predicted molar refractivity (Wildman–Crippen MR) is 158 cm³/mol. The summed E-state index contributed by atoms with van der Waals surface area (Å²) in [5, 5.41) is 0. The number of aryl methyl sites for hydroxylation is 2. The van der Waals surface area contributed by atoms with Crippen molar-refractivity contribution in [2.24, 2.45) is 0 Å². The molecule has 5 rings (SSSR count). The van der Waals surface area contributed by atoms with E-state index in [1.54, 1.807) is 35.7 Å². The average molecular weight is 537 g/mol. The Balaban J connectivity index is 1.51. The minimum atomic E-state index is -0.0744. The lowest BCUT2D eigenvalue weighted by molar-refractivity contribution is 0.0974. The molecule has 0 saturated carbocycles. The first kappa shape index (κ1) is 26.5. The van der Waals surface area contributed by atoms with E-state index in [2.05, 4.69) is 62.4 Å². The highest BCUT2D eigenvalue weighted by atomic mass is 32.2. The van der Waals surface area contributed by atoms with Crippen LogP contribution < -0.4 is 0 Å². The van der Waals surface area contributed by atoms with Gasteiger partial charge in [-0.2, -0.15) is 0 Å². The molecule has 0 aliphatic heterocycles. The molecule has 4 aromatic carbocycles. The van der Waals surface area contributed by atoms with Crippen LogP contribution in [0.25, 0.3) is 0 Å². The fourth-order valence-electron chi connectivity index (χ4n) is 4.80. The highest BCUT2D eigenvalue weighted by Gasteiger charge is 2.34. The Kier molecular flexibility index (Phi) is 8.51. The maximum Gasteiger partial charge on any atom is 0.195 e. The van der Waals surface area contributed by atoms with Gasteiger partial charge in [0.15, 0.2) is 11.6 Å². The molecular formula is C34H32O2S2. The summed E-state index contributed by atoms with van der Waals surface area (Å²) in [6, 6.07) is 28.4. The van der Waals surface area contributed by atoms with E-state index >= 15 is 0 Å². The predicted octanol–water partition coefficient (Wildman–Crippen LogP) is 9.45. The molecule has 1 aliphatic carbocycles. The molecule has 0 spiro atoms. The summed E-state index contributed by atoms with van der Waals surface area (Å²) < 4.78 is 0. The molecule has 0 aromatic heterocycles. The molecule has 0 heterocycles. The van der Waals surface area contributed by atoms with Gasteiger partial charge in [0.1, 0.15) is 0 Å². The van der Waals surface area contributed by atoms with Gasteiger partial charge < -0.3 is 0 Å². The van der Waals surface area contributed by atoms with Crippen molar-refractivity contribution in [1.82, 2.24) is 0 Å². The van der Waals surface area contributed by atoms with Crippen LogP contribution in [0.4, 0.5) is 0 Å². The largest absolute Gasteiger partial charge is 0.289 e. The van der Waals surface area contributed by atoms with Gasteiger partial charge in [0.25, 0.3) is 0 Å². The molecule has 0 atom stereocenters. The molecule has 38 heavy (non-hydrogen) atoms. The first-order chi connectivity index (χ1) is 18.6. The van der Waals surface area contributed by atoms with Crippen molar-refractivity contribution >= 4 is 35.1 Å². The van der Waals surface area contributed by atoms with Crippen LogP contribution in [-0.2, 0) is 12.8 Å². The van der Waals surface area contributed by atoms with E-state index in [4.69, 9.17) is 0 Å². The molecule has 192 valence electrons. The Morgan fingerprint density at radius 2 is 0.921 bits per heavy atom. The topological polar surface area (TPSA) is 34.1 Å². The molecule has 2 nitrogen and oxygen atoms in total. The second-order valence-electron chi connectivity index (χ2n) is 9.71. The summed E-state index contributed by atoms with van der Waals surface area (Å²) in [5.41, 5.74) is 4.68. The fraction of sp³-hybridized carbons (Fsp3) is 0.235. The number of benzene rings is 4. The summed E-state index contributed by atoms with van der Waals surface area (Å²) in [7, 11) is 0. The summed E-state index contributed by atoms with van der Waals surface area (Å²) in [4.78, 5) is 31.4. The number of hydrogen-bond acceptors (Lipinski definition) is 4. The number of ketones is 2. The molecule has 0 bridgehead atoms. The molecule has 0 amide bonds. The second-order valence-corrected chi connectivity index (χ2v) is 11.9. The van der Waals surface area contributed by atoms with Crippen molar-refractivity contribution in [3.8, 4) is 0 Å². The van der Waals surface area contributed by atoms with E-state index in [9.17, 15) is 9.59 Å². The van der Waals surface area contributed by atoms with Gasteiger partial charge in [-0.25, -0.2) is 0 Å². The van der Waals surface area contributed by atoms with Crippen molar-refractivity contribution in [3.63, 3.8) is 0 Å². The maximum atomic E-state index is 13.8. The van der Waals surface area contributed by atoms with Gasteiger partial charge in [-0.3, -0.25) is 9.59 Å². The Morgan fingerprint density at radius 3 is 1.29 bits per heavy atom. The van der Waals surface area contributed by atoms with Crippen LogP contribution in [0.15, 0.2) is 105 Å². The normalized spacial score (nSPS) is 12.4. The molecule has 0 unspecified atom stereocenters. The first-order valence-electron chi connectivity index (χ1n) is 13.5. The molecule has 4 heteroatoms. The van der Waals surface area contributed by atoms with Crippen LogP contribution in [0.1, 0.15) is 82.5 Å². The maximum absolute atomic E-state index is 13.8. The summed E-state index contributed by atoms with van der Waals surface area (Å²) in [6.45, 7) is 4.41. The third kappa shape index (κ3) is 5.67. The Hall–Kier alpha value is -3.08. The van der Waals surface area contributed by atoms with E-state index < -0.39 is 0 Å². The zero-order chi connectivity index (χ0) is 26.5. The third-order valence-corrected chi connectivity index (χ3v) is 9.08. The minimum Gasteiger partial charge on any atom is -0.289 e. The van der Waals surface area contributed by atoms with Crippen LogP contribution in [0.3, 0.4) is 0 Å². The number of carbonyl (C=O) groups is 2. The number of hydrogen-bond donors (Lipinski definition) is 0. The van der Waals surface area contributed by atoms with Crippen molar-refractivity contribution in [1.29, 1.82) is 0 Å². The van der Waals surface area contributed by atoms with Crippen LogP contribution in [0.5, 0.6) is 0 Å². The first-order valence-corrected chi connectivity index (χ1v) is 15.1. The van der Waals surface area contributed by atoms with Crippen molar-refractivity contribution in [2.75, 3.05) is 0 Å². The van der Waals surface area contributed by atoms with Gasteiger partial charge in [0.2, 0.25) is 0 Å². The van der Waals surface area contributed by atoms with Crippen LogP contribution in [0.2, 0.25) is 0 Å². The Morgan fingerprint density at radius 1 is 0.526 bits per heavy atom. The van der Waals surface area contributed by atoms with Gasteiger partial charge in [-0.15, -0.1) is 0 Å². The van der Waals surface area contributed by atoms with Gasteiger partial charge in [0.05, 0.1) is 0 Å². The molecule has 0 N–H and O–H groups in total. The van der Waals surface area contributed by atoms with E-state index in [0.717, 1.165) is 32.4 Å². The number of fused-ring (bicyclic) bond motifs is 2. The Labute approximate surface area is 234 Å². The molecule has 0 saturated heterocycles. The molecule has 1 aliphatic rings. The van der Waals surface area contributed by atoms with Gasteiger partial charge in [0, 0.05) is 41.8 Å². The van der Waals surface area contributed by atoms with E-state index in [-0.39, 0.29) is 11.6 Å². The van der Waals surface area contributed by atoms with Crippen molar-refractivity contribution < 1.29 is 9.59 Å². The fourth-order valence-corrected chi connectivity index (χ4v) is 6.72. The standard InChI is InChI=1S/C34H32O2S2/c1-3-5-9-23-13-17-25(18-14-23)37-29-21-22-30(38-26-19-15-24(16-20-26)10-6-4-2)32-31(29)33(35)27-11-7-8-12-28(27)34(32)36/h7-8,11-22H,3-6,9-10H2,1-2H3. The smallest absolute Gasteiger partial charge is 0.195 e. The zero-order valence-electron chi connectivity index (χ0n) is 22.0. The molecular weight excluding hydrogens is 505 g/mol. The van der Waals surface area contributed by atoms with Gasteiger partial charge >= 0.3 is 0 Å². The number of carbonyl (C=O) groups excluding carboxylic acids is 2. The van der Waals surface area contributed by atoms with Crippen LogP contribution >= 0.6 is 23.5 Å². The Bertz CT molecular complexity index is 1340. The summed E-state index contributed by atoms with van der Waals surface area (Å²) in [5.74, 6) is -0.149. The lowest BCUT2D eigenvalue weighted by Gasteiger charge is -2.22. The number of unbranched alkanes of at least 4 members (excludes halogenated alkanes) is 2. The zero-order valence-corrected chi connectivity index (χ0v) is 23.6. The summed E-state index contributed by atoms with van der Waals surface area (Å²) >= 11 is 3.11. The average Bonchev–Trinajstić information content (AvgIpc) is 2.95. The lowest BCUT2D eigenvalue weighted by atomic mass is 9.84. The second kappa shape index (κ2) is 12.2.